The molecule has 5 nitrogen and oxygen atoms in total. The number of carbonyl (C=O) groups excluding carboxylic acids is 2. The summed E-state index contributed by atoms with van der Waals surface area (Å²) < 4.78 is 0. The molecule has 23 heavy (non-hydrogen) atoms. The van der Waals surface area contributed by atoms with Crippen molar-refractivity contribution in [2.24, 2.45) is 5.92 Å². The fraction of sp³-hybridized carbons (Fsp3) is 0.647. The lowest BCUT2D eigenvalue weighted by molar-refractivity contribution is -0.122. The highest BCUT2D eigenvalue weighted by Crippen LogP contribution is 2.37. The van der Waals surface area contributed by atoms with Crippen LogP contribution < -0.4 is 16.0 Å². The molecule has 0 bridgehead atoms. The molecule has 2 atom stereocenters. The number of thiophene rings is 1. The van der Waals surface area contributed by atoms with Crippen LogP contribution in [0, 0.1) is 5.92 Å². The Morgan fingerprint density at radius 1 is 1.22 bits per heavy atom. The van der Waals surface area contributed by atoms with Crippen LogP contribution in [0.15, 0.2) is 17.5 Å². The topological polar surface area (TPSA) is 70.2 Å². The molecule has 3 N–H and O–H groups in total. The lowest BCUT2D eigenvalue weighted by Crippen LogP contribution is -2.50. The van der Waals surface area contributed by atoms with Gasteiger partial charge < -0.3 is 16.0 Å². The average molecular weight is 335 g/mol. The minimum Gasteiger partial charge on any atom is -0.354 e. The van der Waals surface area contributed by atoms with Crippen molar-refractivity contribution < 1.29 is 9.59 Å². The number of hydrogen-bond donors (Lipinski definition) is 3. The third-order valence-electron chi connectivity index (χ3n) is 4.85. The molecule has 3 amide bonds. The summed E-state index contributed by atoms with van der Waals surface area (Å²) in [5.41, 5.74) is 0. The smallest absolute Gasteiger partial charge is 0.315 e. The molecule has 1 aliphatic heterocycles. The summed E-state index contributed by atoms with van der Waals surface area (Å²) in [5, 5.41) is 10.9. The van der Waals surface area contributed by atoms with Gasteiger partial charge in [0.2, 0.25) is 5.91 Å². The van der Waals surface area contributed by atoms with Crippen molar-refractivity contribution >= 4 is 23.3 Å². The summed E-state index contributed by atoms with van der Waals surface area (Å²) in [6.45, 7) is 0.707. The van der Waals surface area contributed by atoms with E-state index >= 15 is 0 Å². The molecule has 0 radical (unpaired) electrons. The van der Waals surface area contributed by atoms with Gasteiger partial charge in [-0.15, -0.1) is 11.3 Å². The van der Waals surface area contributed by atoms with Crippen molar-refractivity contribution in [3.8, 4) is 0 Å². The second kappa shape index (κ2) is 7.81. The second-order valence-electron chi connectivity index (χ2n) is 6.49. The maximum Gasteiger partial charge on any atom is 0.315 e. The Morgan fingerprint density at radius 2 is 2.00 bits per heavy atom. The zero-order valence-corrected chi connectivity index (χ0v) is 14.2. The molecule has 0 unspecified atom stereocenters. The number of hydrogen-bond acceptors (Lipinski definition) is 3. The molecule has 6 heteroatoms. The van der Waals surface area contributed by atoms with Crippen molar-refractivity contribution in [2.75, 3.05) is 6.54 Å². The van der Waals surface area contributed by atoms with E-state index in [1.165, 1.54) is 17.7 Å². The predicted molar refractivity (Wildman–Crippen MR) is 91.3 cm³/mol. The molecule has 0 spiro atoms. The standard InChI is InChI=1S/C17H25N3O2S/c21-16-13(8-3-4-10-18-16)19-17(22)20-15(12-6-1-2-7-12)14-9-5-11-23-14/h5,9,11-13,15H,1-4,6-8,10H2,(H,18,21)(H2,19,20,22)/t13-,15-/m0/s1. The zero-order chi connectivity index (χ0) is 16.1. The van der Waals surface area contributed by atoms with E-state index in [0.717, 1.165) is 25.7 Å². The Morgan fingerprint density at radius 3 is 2.74 bits per heavy atom. The molecule has 2 heterocycles. The minimum atomic E-state index is -0.412. The van der Waals surface area contributed by atoms with E-state index < -0.39 is 6.04 Å². The van der Waals surface area contributed by atoms with Gasteiger partial charge in [-0.2, -0.15) is 0 Å². The van der Waals surface area contributed by atoms with Gasteiger partial charge in [0.15, 0.2) is 0 Å². The molecule has 1 aliphatic carbocycles. The summed E-state index contributed by atoms with van der Waals surface area (Å²) in [6, 6.07) is 3.54. The van der Waals surface area contributed by atoms with E-state index in [9.17, 15) is 9.59 Å². The van der Waals surface area contributed by atoms with E-state index in [1.807, 2.05) is 6.07 Å². The van der Waals surface area contributed by atoms with Gasteiger partial charge in [-0.1, -0.05) is 18.9 Å². The normalized spacial score (nSPS) is 23.8. The molecular formula is C17H25N3O2S. The summed E-state index contributed by atoms with van der Waals surface area (Å²) in [6.07, 6.45) is 7.44. The van der Waals surface area contributed by atoms with Gasteiger partial charge in [-0.25, -0.2) is 4.79 Å². The van der Waals surface area contributed by atoms with E-state index in [-0.39, 0.29) is 18.0 Å². The molecule has 3 rings (SSSR count). The van der Waals surface area contributed by atoms with Gasteiger partial charge in [-0.3, -0.25) is 4.79 Å². The van der Waals surface area contributed by atoms with Crippen molar-refractivity contribution in [3.05, 3.63) is 22.4 Å². The van der Waals surface area contributed by atoms with Gasteiger partial charge >= 0.3 is 6.03 Å². The molecule has 1 aromatic heterocycles. The van der Waals surface area contributed by atoms with Crippen molar-refractivity contribution in [2.45, 2.75) is 57.0 Å². The fourth-order valence-electron chi connectivity index (χ4n) is 3.60. The molecule has 1 aromatic rings. The van der Waals surface area contributed by atoms with E-state index in [2.05, 4.69) is 27.4 Å². The van der Waals surface area contributed by atoms with Crippen molar-refractivity contribution in [1.82, 2.24) is 16.0 Å². The van der Waals surface area contributed by atoms with Crippen LogP contribution in [-0.4, -0.2) is 24.5 Å². The molecule has 1 saturated carbocycles. The first-order valence-electron chi connectivity index (χ1n) is 8.62. The average Bonchev–Trinajstić information content (AvgIpc) is 3.21. The highest BCUT2D eigenvalue weighted by molar-refractivity contribution is 7.10. The summed E-state index contributed by atoms with van der Waals surface area (Å²) in [7, 11) is 0. The van der Waals surface area contributed by atoms with Gasteiger partial charge in [0.05, 0.1) is 6.04 Å². The fourth-order valence-corrected chi connectivity index (χ4v) is 4.47. The van der Waals surface area contributed by atoms with Crippen LogP contribution in [0.4, 0.5) is 4.79 Å². The lowest BCUT2D eigenvalue weighted by Gasteiger charge is -2.25. The first-order chi connectivity index (χ1) is 11.2. The Labute approximate surface area is 141 Å². The SMILES string of the molecule is O=C(N[C@H]1CCCCNC1=O)N[C@H](c1cccs1)C1CCCC1. The number of amides is 3. The largest absolute Gasteiger partial charge is 0.354 e. The van der Waals surface area contributed by atoms with E-state index in [1.54, 1.807) is 11.3 Å². The highest BCUT2D eigenvalue weighted by atomic mass is 32.1. The van der Waals surface area contributed by atoms with Gasteiger partial charge in [-0.05, 0) is 49.5 Å². The molecule has 0 aromatic carbocycles. The van der Waals surface area contributed by atoms with E-state index in [0.29, 0.717) is 18.9 Å². The van der Waals surface area contributed by atoms with Gasteiger partial charge in [0.25, 0.3) is 0 Å². The number of urea groups is 1. The molecule has 2 fully saturated rings. The first kappa shape index (κ1) is 16.3. The Hall–Kier alpha value is -1.56. The molecule has 2 aliphatic rings. The predicted octanol–water partition coefficient (Wildman–Crippen LogP) is 2.95. The van der Waals surface area contributed by atoms with Gasteiger partial charge in [0.1, 0.15) is 6.04 Å². The van der Waals surface area contributed by atoms with Crippen molar-refractivity contribution in [3.63, 3.8) is 0 Å². The van der Waals surface area contributed by atoms with Crippen LogP contribution in [0.2, 0.25) is 0 Å². The summed E-state index contributed by atoms with van der Waals surface area (Å²) in [4.78, 5) is 25.6. The van der Waals surface area contributed by atoms with Gasteiger partial charge in [0, 0.05) is 11.4 Å². The third kappa shape index (κ3) is 4.25. The van der Waals surface area contributed by atoms with Crippen LogP contribution >= 0.6 is 11.3 Å². The monoisotopic (exact) mass is 335 g/mol. The lowest BCUT2D eigenvalue weighted by atomic mass is 9.97. The maximum atomic E-state index is 12.4. The summed E-state index contributed by atoms with van der Waals surface area (Å²) >= 11 is 1.69. The Kier molecular flexibility index (Phi) is 5.54. The number of nitrogens with one attached hydrogen (secondary N) is 3. The number of rotatable bonds is 4. The van der Waals surface area contributed by atoms with Crippen LogP contribution in [0.5, 0.6) is 0 Å². The van der Waals surface area contributed by atoms with Crippen LogP contribution in [-0.2, 0) is 4.79 Å². The Balaban J connectivity index is 1.62. The molecule has 1 saturated heterocycles. The second-order valence-corrected chi connectivity index (χ2v) is 7.47. The quantitative estimate of drug-likeness (QED) is 0.792. The minimum absolute atomic E-state index is 0.0614. The maximum absolute atomic E-state index is 12.4. The first-order valence-corrected chi connectivity index (χ1v) is 9.50. The van der Waals surface area contributed by atoms with Crippen molar-refractivity contribution in [1.29, 1.82) is 0 Å². The van der Waals surface area contributed by atoms with Crippen LogP contribution in [0.25, 0.3) is 0 Å². The zero-order valence-electron chi connectivity index (χ0n) is 13.3. The number of carbonyl (C=O) groups is 2. The van der Waals surface area contributed by atoms with Crippen LogP contribution in [0.1, 0.15) is 55.9 Å². The third-order valence-corrected chi connectivity index (χ3v) is 5.80. The summed E-state index contributed by atoms with van der Waals surface area (Å²) in [5.74, 6) is 0.438. The highest BCUT2D eigenvalue weighted by Gasteiger charge is 2.30. The van der Waals surface area contributed by atoms with E-state index in [4.69, 9.17) is 0 Å². The van der Waals surface area contributed by atoms with Crippen LogP contribution in [0.3, 0.4) is 0 Å². The molecule has 126 valence electrons. The molecular weight excluding hydrogens is 310 g/mol. The Bertz CT molecular complexity index is 526.